The number of rotatable bonds is 10. The fourth-order valence-electron chi connectivity index (χ4n) is 3.79. The molecule has 0 atom stereocenters. The molecule has 0 fully saturated rings. The van der Waals surface area contributed by atoms with E-state index >= 15 is 0 Å². The molecule has 2 N–H and O–H groups in total. The number of nitrogens with zero attached hydrogens (tertiary/aromatic N) is 3. The minimum atomic E-state index is -3.85. The van der Waals surface area contributed by atoms with E-state index in [1.165, 1.54) is 17.7 Å². The predicted octanol–water partition coefficient (Wildman–Crippen LogP) is 4.15. The van der Waals surface area contributed by atoms with Crippen molar-refractivity contribution < 1.29 is 13.2 Å². The standard InChI is InChI=1S/C26H29N5O3S/c1-3-4-7-20-10-12-21(13-11-20)30-35(33,34)22-14-9-19(2)23(18-22)26(32)27-16-15-25-29-28-24-8-5-6-17-31(24)25/h5-6,8-14,17-18,30H,3-4,7,15-16H2,1-2H3,(H,27,32). The fraction of sp³-hybridized carbons (Fsp3) is 0.269. The second-order valence-electron chi connectivity index (χ2n) is 8.43. The number of benzene rings is 2. The molecule has 4 aromatic rings. The number of nitrogens with one attached hydrogen (secondary N) is 2. The third kappa shape index (κ3) is 5.86. The molecule has 2 heterocycles. The maximum absolute atomic E-state index is 13.0. The number of hydrogen-bond donors (Lipinski definition) is 2. The van der Waals surface area contributed by atoms with Gasteiger partial charge in [0, 0.05) is 30.4 Å². The second-order valence-corrected chi connectivity index (χ2v) is 10.1. The Hall–Kier alpha value is -3.72. The molecular weight excluding hydrogens is 462 g/mol. The number of aromatic nitrogens is 3. The van der Waals surface area contributed by atoms with Crippen LogP contribution in [0.25, 0.3) is 5.65 Å². The van der Waals surface area contributed by atoms with E-state index in [0.717, 1.165) is 30.7 Å². The Bertz CT molecular complexity index is 1430. The van der Waals surface area contributed by atoms with Gasteiger partial charge in [0.05, 0.1) is 4.90 Å². The van der Waals surface area contributed by atoms with Gasteiger partial charge >= 0.3 is 0 Å². The van der Waals surface area contributed by atoms with Gasteiger partial charge < -0.3 is 5.32 Å². The van der Waals surface area contributed by atoms with Gasteiger partial charge in [-0.3, -0.25) is 13.9 Å². The molecule has 8 nitrogen and oxygen atoms in total. The van der Waals surface area contributed by atoms with Gasteiger partial charge in [-0.2, -0.15) is 0 Å². The second kappa shape index (κ2) is 10.7. The summed E-state index contributed by atoms with van der Waals surface area (Å²) in [5, 5.41) is 11.1. The van der Waals surface area contributed by atoms with E-state index in [4.69, 9.17) is 0 Å². The van der Waals surface area contributed by atoms with E-state index in [1.54, 1.807) is 25.1 Å². The van der Waals surface area contributed by atoms with Crippen molar-refractivity contribution in [1.29, 1.82) is 0 Å². The molecule has 0 aliphatic rings. The van der Waals surface area contributed by atoms with E-state index < -0.39 is 10.0 Å². The summed E-state index contributed by atoms with van der Waals surface area (Å²) in [5.41, 5.74) is 3.40. The van der Waals surface area contributed by atoms with Crippen LogP contribution in [0.5, 0.6) is 0 Å². The number of sulfonamides is 1. The average Bonchev–Trinajstić information content (AvgIpc) is 3.26. The Labute approximate surface area is 205 Å². The Morgan fingerprint density at radius 1 is 1.00 bits per heavy atom. The van der Waals surface area contributed by atoms with Crippen LogP contribution >= 0.6 is 0 Å². The lowest BCUT2D eigenvalue weighted by molar-refractivity contribution is 0.0953. The van der Waals surface area contributed by atoms with Crippen LogP contribution in [0.4, 0.5) is 5.69 Å². The van der Waals surface area contributed by atoms with Crippen molar-refractivity contribution in [3.63, 3.8) is 0 Å². The fourth-order valence-corrected chi connectivity index (χ4v) is 4.88. The number of aryl methyl sites for hydroxylation is 2. The van der Waals surface area contributed by atoms with Crippen molar-refractivity contribution in [2.45, 2.75) is 44.4 Å². The molecule has 1 amide bonds. The van der Waals surface area contributed by atoms with Gasteiger partial charge in [-0.15, -0.1) is 10.2 Å². The highest BCUT2D eigenvalue weighted by Gasteiger charge is 2.18. The summed E-state index contributed by atoms with van der Waals surface area (Å²) in [5.74, 6) is 0.396. The van der Waals surface area contributed by atoms with Crippen molar-refractivity contribution in [3.8, 4) is 0 Å². The maximum atomic E-state index is 13.0. The Morgan fingerprint density at radius 3 is 2.57 bits per heavy atom. The number of pyridine rings is 1. The molecule has 35 heavy (non-hydrogen) atoms. The summed E-state index contributed by atoms with van der Waals surface area (Å²) in [6, 6.07) is 17.6. The average molecular weight is 492 g/mol. The number of amides is 1. The van der Waals surface area contributed by atoms with Crippen LogP contribution in [-0.4, -0.2) is 35.5 Å². The molecular formula is C26H29N5O3S. The van der Waals surface area contributed by atoms with Gasteiger partial charge in [0.25, 0.3) is 15.9 Å². The highest BCUT2D eigenvalue weighted by Crippen LogP contribution is 2.20. The predicted molar refractivity (Wildman–Crippen MR) is 136 cm³/mol. The first-order valence-electron chi connectivity index (χ1n) is 11.7. The van der Waals surface area contributed by atoms with Crippen molar-refractivity contribution >= 4 is 27.3 Å². The molecule has 0 saturated heterocycles. The van der Waals surface area contributed by atoms with Crippen molar-refractivity contribution in [1.82, 2.24) is 19.9 Å². The van der Waals surface area contributed by atoms with E-state index in [2.05, 4.69) is 27.2 Å². The zero-order chi connectivity index (χ0) is 24.8. The van der Waals surface area contributed by atoms with Gasteiger partial charge in [-0.1, -0.05) is 37.6 Å². The zero-order valence-electron chi connectivity index (χ0n) is 19.9. The van der Waals surface area contributed by atoms with Crippen LogP contribution in [0.3, 0.4) is 0 Å². The number of carbonyl (C=O) groups is 1. The summed E-state index contributed by atoms with van der Waals surface area (Å²) in [6.07, 6.45) is 5.53. The smallest absolute Gasteiger partial charge is 0.261 e. The maximum Gasteiger partial charge on any atom is 0.261 e. The molecule has 2 aromatic carbocycles. The SMILES string of the molecule is CCCCc1ccc(NS(=O)(=O)c2ccc(C)c(C(=O)NCCc3nnc4ccccn34)c2)cc1. The highest BCUT2D eigenvalue weighted by atomic mass is 32.2. The lowest BCUT2D eigenvalue weighted by atomic mass is 10.1. The molecule has 0 aliphatic heterocycles. The van der Waals surface area contributed by atoms with Crippen LogP contribution in [0.15, 0.2) is 71.8 Å². The first kappa shape index (κ1) is 24.4. The third-order valence-corrected chi connectivity index (χ3v) is 7.19. The van der Waals surface area contributed by atoms with Gasteiger partial charge in [0.15, 0.2) is 5.65 Å². The van der Waals surface area contributed by atoms with Crippen LogP contribution < -0.4 is 10.0 Å². The Balaban J connectivity index is 1.42. The number of anilines is 1. The molecule has 0 spiro atoms. The summed E-state index contributed by atoms with van der Waals surface area (Å²) in [4.78, 5) is 12.9. The first-order valence-corrected chi connectivity index (χ1v) is 13.1. The zero-order valence-corrected chi connectivity index (χ0v) is 20.7. The molecule has 0 radical (unpaired) electrons. The van der Waals surface area contributed by atoms with Crippen molar-refractivity contribution in [2.24, 2.45) is 0 Å². The number of carbonyl (C=O) groups excluding carboxylic acids is 1. The summed E-state index contributed by atoms with van der Waals surface area (Å²) < 4.78 is 30.4. The lowest BCUT2D eigenvalue weighted by Gasteiger charge is -2.12. The van der Waals surface area contributed by atoms with E-state index in [-0.39, 0.29) is 10.8 Å². The van der Waals surface area contributed by atoms with Crippen molar-refractivity contribution in [2.75, 3.05) is 11.3 Å². The molecule has 0 aliphatic carbocycles. The highest BCUT2D eigenvalue weighted by molar-refractivity contribution is 7.92. The number of hydrogen-bond acceptors (Lipinski definition) is 5. The normalized spacial score (nSPS) is 11.5. The van der Waals surface area contributed by atoms with Gasteiger partial charge in [-0.05, 0) is 67.3 Å². The topological polar surface area (TPSA) is 105 Å². The monoisotopic (exact) mass is 491 g/mol. The van der Waals surface area contributed by atoms with Gasteiger partial charge in [-0.25, -0.2) is 8.42 Å². The quantitative estimate of drug-likeness (QED) is 0.347. The van der Waals surface area contributed by atoms with Crippen LogP contribution in [0.2, 0.25) is 0 Å². The van der Waals surface area contributed by atoms with Gasteiger partial charge in [0.1, 0.15) is 5.82 Å². The molecule has 4 rings (SSSR count). The summed E-state index contributed by atoms with van der Waals surface area (Å²) in [6.45, 7) is 4.25. The third-order valence-electron chi connectivity index (χ3n) is 5.81. The molecule has 9 heteroatoms. The number of fused-ring (bicyclic) bond motifs is 1. The Kier molecular flexibility index (Phi) is 7.45. The minimum absolute atomic E-state index is 0.0340. The van der Waals surface area contributed by atoms with Crippen LogP contribution in [-0.2, 0) is 22.9 Å². The van der Waals surface area contributed by atoms with Gasteiger partial charge in [0.2, 0.25) is 0 Å². The molecule has 0 saturated carbocycles. The van der Waals surface area contributed by atoms with E-state index in [1.807, 2.05) is 40.9 Å². The summed E-state index contributed by atoms with van der Waals surface area (Å²) >= 11 is 0. The Morgan fingerprint density at radius 2 is 1.80 bits per heavy atom. The van der Waals surface area contributed by atoms with Crippen LogP contribution in [0, 0.1) is 6.92 Å². The minimum Gasteiger partial charge on any atom is -0.352 e. The van der Waals surface area contributed by atoms with Crippen molar-refractivity contribution in [3.05, 3.63) is 89.4 Å². The number of unbranched alkanes of at least 4 members (excludes halogenated alkanes) is 1. The van der Waals surface area contributed by atoms with E-state index in [0.29, 0.717) is 29.8 Å². The lowest BCUT2D eigenvalue weighted by Crippen LogP contribution is -2.27. The molecule has 182 valence electrons. The van der Waals surface area contributed by atoms with Crippen LogP contribution in [0.1, 0.15) is 47.1 Å². The largest absolute Gasteiger partial charge is 0.352 e. The molecule has 2 aromatic heterocycles. The van der Waals surface area contributed by atoms with E-state index in [9.17, 15) is 13.2 Å². The first-order chi connectivity index (χ1) is 16.9. The molecule has 0 unspecified atom stereocenters. The summed E-state index contributed by atoms with van der Waals surface area (Å²) in [7, 11) is -3.85. The molecule has 0 bridgehead atoms.